The molecule has 0 aliphatic rings. The van der Waals surface area contributed by atoms with Crippen LogP contribution in [0.15, 0.2) is 12.1 Å². The van der Waals surface area contributed by atoms with Gasteiger partial charge in [-0.05, 0) is 75.4 Å². The molecule has 0 atom stereocenters. The topological polar surface area (TPSA) is 27.7 Å². The van der Waals surface area contributed by atoms with E-state index in [-0.39, 0.29) is 6.29 Å². The molecule has 96 valence electrons. The Kier molecular flexibility index (Phi) is 7.24. The maximum Gasteiger partial charge on any atom is 0.180 e. The third-order valence-corrected chi connectivity index (χ3v) is 4.20. The molecule has 0 saturated heterocycles. The van der Waals surface area contributed by atoms with Crippen molar-refractivity contribution in [1.29, 1.82) is 0 Å². The third kappa shape index (κ3) is 4.98. The van der Waals surface area contributed by atoms with Crippen molar-refractivity contribution in [3.8, 4) is 0 Å². The highest BCUT2D eigenvalue weighted by atomic mass is 127. The fraction of sp³-hybridized carbons (Fsp3) is 0.500. The molecule has 0 saturated carbocycles. The highest BCUT2D eigenvalue weighted by Gasteiger charge is 2.08. The van der Waals surface area contributed by atoms with Crippen molar-refractivity contribution in [2.75, 3.05) is 20.8 Å². The van der Waals surface area contributed by atoms with Gasteiger partial charge >= 0.3 is 0 Å². The molecule has 0 amide bonds. The van der Waals surface area contributed by atoms with E-state index in [1.807, 2.05) is 0 Å². The second-order valence-corrected chi connectivity index (χ2v) is 6.00. The van der Waals surface area contributed by atoms with Crippen LogP contribution in [0.3, 0.4) is 0 Å². The predicted octanol–water partition coefficient (Wildman–Crippen LogP) is 3.34. The molecular formula is C12H16I2O3. The van der Waals surface area contributed by atoms with Crippen LogP contribution in [0.5, 0.6) is 0 Å². The lowest BCUT2D eigenvalue weighted by Crippen LogP contribution is -2.20. The second-order valence-electron chi connectivity index (χ2n) is 3.59. The molecule has 0 aliphatic carbocycles. The number of hydrogen-bond donors (Lipinski definition) is 0. The zero-order valence-electron chi connectivity index (χ0n) is 10.1. The Morgan fingerprint density at radius 3 is 2.41 bits per heavy atom. The summed E-state index contributed by atoms with van der Waals surface area (Å²) in [6, 6.07) is 4.31. The van der Waals surface area contributed by atoms with Crippen LogP contribution in [0.25, 0.3) is 0 Å². The van der Waals surface area contributed by atoms with Gasteiger partial charge in [0.05, 0.1) is 13.2 Å². The number of ether oxygens (including phenoxy) is 3. The molecule has 0 spiro atoms. The van der Waals surface area contributed by atoms with Gasteiger partial charge in [-0.2, -0.15) is 0 Å². The molecule has 1 aromatic carbocycles. The van der Waals surface area contributed by atoms with Crippen LogP contribution in [-0.4, -0.2) is 27.1 Å². The first-order valence-electron chi connectivity index (χ1n) is 5.16. The van der Waals surface area contributed by atoms with Gasteiger partial charge in [0.25, 0.3) is 0 Å². The lowest BCUT2D eigenvalue weighted by Gasteiger charge is -2.14. The van der Waals surface area contributed by atoms with E-state index < -0.39 is 0 Å². The Hall–Kier alpha value is 0.560. The van der Waals surface area contributed by atoms with Crippen LogP contribution >= 0.6 is 45.2 Å². The van der Waals surface area contributed by atoms with Gasteiger partial charge in [-0.15, -0.1) is 0 Å². The minimum Gasteiger partial charge on any atom is -0.371 e. The number of rotatable bonds is 6. The van der Waals surface area contributed by atoms with Gasteiger partial charge in [0.15, 0.2) is 6.29 Å². The first-order valence-corrected chi connectivity index (χ1v) is 7.32. The molecule has 0 unspecified atom stereocenters. The van der Waals surface area contributed by atoms with Crippen molar-refractivity contribution in [2.24, 2.45) is 0 Å². The zero-order chi connectivity index (χ0) is 12.8. The fourth-order valence-electron chi connectivity index (χ4n) is 1.35. The van der Waals surface area contributed by atoms with E-state index in [0.29, 0.717) is 13.2 Å². The molecule has 0 heterocycles. The molecular weight excluding hydrogens is 446 g/mol. The summed E-state index contributed by atoms with van der Waals surface area (Å²) in [7, 11) is 3.22. The number of benzene rings is 1. The van der Waals surface area contributed by atoms with E-state index in [2.05, 4.69) is 64.2 Å². The van der Waals surface area contributed by atoms with Crippen LogP contribution in [0, 0.1) is 14.1 Å². The molecule has 1 aromatic rings. The smallest absolute Gasteiger partial charge is 0.180 e. The molecule has 5 heteroatoms. The largest absolute Gasteiger partial charge is 0.371 e. The summed E-state index contributed by atoms with van der Waals surface area (Å²) in [4.78, 5) is 0. The molecule has 0 bridgehead atoms. The zero-order valence-corrected chi connectivity index (χ0v) is 14.4. The summed E-state index contributed by atoms with van der Waals surface area (Å²) < 4.78 is 18.2. The monoisotopic (exact) mass is 462 g/mol. The molecule has 17 heavy (non-hydrogen) atoms. The fourth-order valence-corrected chi connectivity index (χ4v) is 3.31. The van der Waals surface area contributed by atoms with Crippen LogP contribution in [0.4, 0.5) is 0 Å². The Morgan fingerprint density at radius 2 is 1.82 bits per heavy atom. The summed E-state index contributed by atoms with van der Waals surface area (Å²) in [6.45, 7) is 3.14. The molecule has 0 radical (unpaired) electrons. The Labute approximate surface area is 129 Å². The first kappa shape index (κ1) is 15.6. The van der Waals surface area contributed by atoms with E-state index >= 15 is 0 Å². The number of hydrogen-bond acceptors (Lipinski definition) is 3. The average Bonchev–Trinajstić information content (AvgIpc) is 2.30. The maximum atomic E-state index is 5.60. The quantitative estimate of drug-likeness (QED) is 0.480. The molecule has 3 nitrogen and oxygen atoms in total. The number of methoxy groups -OCH3 is 2. The normalized spacial score (nSPS) is 11.2. The van der Waals surface area contributed by atoms with Gasteiger partial charge in [-0.1, -0.05) is 0 Å². The van der Waals surface area contributed by atoms with E-state index in [9.17, 15) is 0 Å². The molecule has 0 aromatic heterocycles. The van der Waals surface area contributed by atoms with Gasteiger partial charge in [0.1, 0.15) is 0 Å². The van der Waals surface area contributed by atoms with Crippen molar-refractivity contribution in [3.05, 3.63) is 30.4 Å². The maximum absolute atomic E-state index is 5.60. The highest BCUT2D eigenvalue weighted by molar-refractivity contribution is 14.1. The molecule has 0 N–H and O–H groups in total. The van der Waals surface area contributed by atoms with Crippen molar-refractivity contribution >= 4 is 45.2 Å². The van der Waals surface area contributed by atoms with Crippen LogP contribution in [-0.2, 0) is 20.8 Å². The van der Waals surface area contributed by atoms with Gasteiger partial charge in [0, 0.05) is 21.4 Å². The SMILES string of the molecule is COC(COCc1cc(I)cc(I)c1C)OC. The van der Waals surface area contributed by atoms with Gasteiger partial charge in [0.2, 0.25) is 0 Å². The van der Waals surface area contributed by atoms with Crippen molar-refractivity contribution in [2.45, 2.75) is 19.8 Å². The Balaban J connectivity index is 2.57. The second kappa shape index (κ2) is 7.88. The lowest BCUT2D eigenvalue weighted by molar-refractivity contribution is -0.142. The van der Waals surface area contributed by atoms with Gasteiger partial charge in [-0.3, -0.25) is 0 Å². The molecule has 0 fully saturated rings. The summed E-state index contributed by atoms with van der Waals surface area (Å²) >= 11 is 4.66. The standard InChI is InChI=1S/C12H16I2O3/c1-8-9(4-10(13)5-11(8)14)6-17-7-12(15-2)16-3/h4-5,12H,6-7H2,1-3H3. The number of halogens is 2. The highest BCUT2D eigenvalue weighted by Crippen LogP contribution is 2.20. The van der Waals surface area contributed by atoms with Crippen molar-refractivity contribution < 1.29 is 14.2 Å². The van der Waals surface area contributed by atoms with Crippen LogP contribution in [0.2, 0.25) is 0 Å². The van der Waals surface area contributed by atoms with Gasteiger partial charge in [-0.25, -0.2) is 0 Å². The Bertz CT molecular complexity index is 365. The van der Waals surface area contributed by atoms with Crippen molar-refractivity contribution in [3.63, 3.8) is 0 Å². The van der Waals surface area contributed by atoms with E-state index in [0.717, 1.165) is 0 Å². The predicted molar refractivity (Wildman–Crippen MR) is 84.1 cm³/mol. The third-order valence-electron chi connectivity index (χ3n) is 2.45. The minimum atomic E-state index is -0.294. The first-order chi connectivity index (χ1) is 8.08. The van der Waals surface area contributed by atoms with E-state index in [1.165, 1.54) is 18.3 Å². The van der Waals surface area contributed by atoms with Crippen molar-refractivity contribution in [1.82, 2.24) is 0 Å². The van der Waals surface area contributed by atoms with Crippen LogP contribution in [0.1, 0.15) is 11.1 Å². The summed E-state index contributed by atoms with van der Waals surface area (Å²) in [5.41, 5.74) is 2.49. The molecule has 1 rings (SSSR count). The summed E-state index contributed by atoms with van der Waals surface area (Å²) in [5, 5.41) is 0. The summed E-state index contributed by atoms with van der Waals surface area (Å²) in [6.07, 6.45) is -0.294. The minimum absolute atomic E-state index is 0.294. The molecule has 0 aliphatic heterocycles. The van der Waals surface area contributed by atoms with E-state index in [4.69, 9.17) is 14.2 Å². The van der Waals surface area contributed by atoms with Crippen LogP contribution < -0.4 is 0 Å². The van der Waals surface area contributed by atoms with Gasteiger partial charge < -0.3 is 14.2 Å². The van der Waals surface area contributed by atoms with E-state index in [1.54, 1.807) is 14.2 Å². The lowest BCUT2D eigenvalue weighted by atomic mass is 10.1. The Morgan fingerprint density at radius 1 is 1.18 bits per heavy atom. The summed E-state index contributed by atoms with van der Waals surface area (Å²) in [5.74, 6) is 0. The average molecular weight is 462 g/mol.